The van der Waals surface area contributed by atoms with Gasteiger partial charge in [-0.05, 0) is 49.3 Å². The summed E-state index contributed by atoms with van der Waals surface area (Å²) in [5.74, 6) is 6.37. The molecule has 2 atom stereocenters. The van der Waals surface area contributed by atoms with E-state index in [2.05, 4.69) is 22.5 Å². The van der Waals surface area contributed by atoms with Crippen LogP contribution in [-0.4, -0.2) is 17.2 Å². The second kappa shape index (κ2) is 5.57. The zero-order valence-electron chi connectivity index (χ0n) is 11.3. The van der Waals surface area contributed by atoms with Crippen molar-refractivity contribution in [1.82, 2.24) is 10.4 Å². The standard InChI is InChI=1S/C15H23N3O/c16-18-14(12-3-8-17-9-4-12)13-5-10-19-15(11-13)6-1-2-7-15/h3-4,8-9,13-14,18H,1-2,5-7,10-11,16H2. The third-order valence-electron chi connectivity index (χ3n) is 4.76. The summed E-state index contributed by atoms with van der Waals surface area (Å²) in [5, 5.41) is 0. The Morgan fingerprint density at radius 3 is 2.74 bits per heavy atom. The molecule has 1 spiro atoms. The summed E-state index contributed by atoms with van der Waals surface area (Å²) >= 11 is 0. The van der Waals surface area contributed by atoms with E-state index in [4.69, 9.17) is 10.6 Å². The number of pyridine rings is 1. The van der Waals surface area contributed by atoms with Crippen molar-refractivity contribution in [2.75, 3.05) is 6.61 Å². The van der Waals surface area contributed by atoms with E-state index < -0.39 is 0 Å². The van der Waals surface area contributed by atoms with Crippen LogP contribution in [-0.2, 0) is 4.74 Å². The lowest BCUT2D eigenvalue weighted by Gasteiger charge is -2.41. The molecule has 2 aliphatic rings. The molecule has 1 saturated carbocycles. The molecule has 0 aromatic carbocycles. The van der Waals surface area contributed by atoms with E-state index in [1.807, 2.05) is 12.4 Å². The number of hydrogen-bond acceptors (Lipinski definition) is 4. The van der Waals surface area contributed by atoms with Gasteiger partial charge in [-0.25, -0.2) is 0 Å². The lowest BCUT2D eigenvalue weighted by Crippen LogP contribution is -2.43. The number of hydrazine groups is 1. The summed E-state index contributed by atoms with van der Waals surface area (Å²) in [4.78, 5) is 4.08. The summed E-state index contributed by atoms with van der Waals surface area (Å²) in [7, 11) is 0. The highest BCUT2D eigenvalue weighted by molar-refractivity contribution is 5.16. The van der Waals surface area contributed by atoms with Gasteiger partial charge in [0, 0.05) is 25.0 Å². The van der Waals surface area contributed by atoms with Crippen LogP contribution in [0.3, 0.4) is 0 Å². The maximum Gasteiger partial charge on any atom is 0.0686 e. The molecule has 1 aromatic heterocycles. The number of hydrogen-bond donors (Lipinski definition) is 2. The predicted molar refractivity (Wildman–Crippen MR) is 74.2 cm³/mol. The number of ether oxygens (including phenoxy) is 1. The second-order valence-electron chi connectivity index (χ2n) is 5.92. The molecule has 3 N–H and O–H groups in total. The molecule has 104 valence electrons. The Morgan fingerprint density at radius 2 is 2.05 bits per heavy atom. The maximum absolute atomic E-state index is 6.11. The molecule has 2 heterocycles. The van der Waals surface area contributed by atoms with Gasteiger partial charge in [0.25, 0.3) is 0 Å². The molecule has 0 amide bonds. The number of aromatic nitrogens is 1. The fourth-order valence-electron chi connectivity index (χ4n) is 3.79. The van der Waals surface area contributed by atoms with Crippen LogP contribution in [0.5, 0.6) is 0 Å². The molecule has 2 unspecified atom stereocenters. The minimum atomic E-state index is 0.144. The van der Waals surface area contributed by atoms with Crippen molar-refractivity contribution in [3.05, 3.63) is 30.1 Å². The minimum absolute atomic E-state index is 0.144. The van der Waals surface area contributed by atoms with Crippen molar-refractivity contribution in [2.45, 2.75) is 50.2 Å². The van der Waals surface area contributed by atoms with Crippen LogP contribution in [0.15, 0.2) is 24.5 Å². The summed E-state index contributed by atoms with van der Waals surface area (Å²) in [6, 6.07) is 4.33. The Bertz CT molecular complexity index is 403. The first kappa shape index (κ1) is 13.0. The van der Waals surface area contributed by atoms with E-state index in [-0.39, 0.29) is 11.6 Å². The molecular weight excluding hydrogens is 238 g/mol. The van der Waals surface area contributed by atoms with Gasteiger partial charge in [-0.3, -0.25) is 16.3 Å². The molecule has 1 saturated heterocycles. The van der Waals surface area contributed by atoms with Crippen molar-refractivity contribution in [1.29, 1.82) is 0 Å². The fraction of sp³-hybridized carbons (Fsp3) is 0.667. The highest BCUT2D eigenvalue weighted by Gasteiger charge is 2.42. The van der Waals surface area contributed by atoms with Gasteiger partial charge in [0.1, 0.15) is 0 Å². The quantitative estimate of drug-likeness (QED) is 0.647. The van der Waals surface area contributed by atoms with E-state index in [1.165, 1.54) is 31.2 Å². The van der Waals surface area contributed by atoms with Gasteiger partial charge in [0.15, 0.2) is 0 Å². The molecule has 1 aromatic rings. The van der Waals surface area contributed by atoms with Gasteiger partial charge < -0.3 is 4.74 Å². The van der Waals surface area contributed by atoms with Crippen molar-refractivity contribution in [3.8, 4) is 0 Å². The molecule has 0 radical (unpaired) electrons. The topological polar surface area (TPSA) is 60.2 Å². The molecular formula is C15H23N3O. The molecule has 3 rings (SSSR count). The van der Waals surface area contributed by atoms with E-state index in [1.54, 1.807) is 0 Å². The van der Waals surface area contributed by atoms with Gasteiger partial charge in [-0.1, -0.05) is 12.8 Å². The summed E-state index contributed by atoms with van der Waals surface area (Å²) < 4.78 is 6.11. The molecule has 4 nitrogen and oxygen atoms in total. The van der Waals surface area contributed by atoms with Crippen LogP contribution in [0.2, 0.25) is 0 Å². The minimum Gasteiger partial charge on any atom is -0.375 e. The second-order valence-corrected chi connectivity index (χ2v) is 5.92. The lowest BCUT2D eigenvalue weighted by atomic mass is 9.79. The molecule has 1 aliphatic heterocycles. The highest BCUT2D eigenvalue weighted by Crippen LogP contribution is 2.45. The lowest BCUT2D eigenvalue weighted by molar-refractivity contribution is -0.0982. The van der Waals surface area contributed by atoms with Crippen LogP contribution >= 0.6 is 0 Å². The SMILES string of the molecule is NNC(c1ccncc1)C1CCOC2(CCCC2)C1. The van der Waals surface area contributed by atoms with E-state index in [0.29, 0.717) is 5.92 Å². The predicted octanol–water partition coefficient (Wildman–Crippen LogP) is 2.33. The highest BCUT2D eigenvalue weighted by atomic mass is 16.5. The van der Waals surface area contributed by atoms with Gasteiger partial charge >= 0.3 is 0 Å². The van der Waals surface area contributed by atoms with Crippen molar-refractivity contribution in [2.24, 2.45) is 11.8 Å². The number of nitrogens with zero attached hydrogens (tertiary/aromatic N) is 1. The summed E-state index contributed by atoms with van der Waals surface area (Å²) in [6.45, 7) is 0.869. The zero-order valence-corrected chi connectivity index (χ0v) is 11.3. The molecule has 2 fully saturated rings. The molecule has 19 heavy (non-hydrogen) atoms. The molecule has 4 heteroatoms. The van der Waals surface area contributed by atoms with Crippen LogP contribution in [0.25, 0.3) is 0 Å². The average molecular weight is 261 g/mol. The van der Waals surface area contributed by atoms with Gasteiger partial charge in [-0.2, -0.15) is 0 Å². The number of nitrogens with two attached hydrogens (primary N) is 1. The van der Waals surface area contributed by atoms with Crippen molar-refractivity contribution >= 4 is 0 Å². The van der Waals surface area contributed by atoms with Crippen molar-refractivity contribution in [3.63, 3.8) is 0 Å². The molecule has 1 aliphatic carbocycles. The first-order chi connectivity index (χ1) is 9.33. The zero-order chi connectivity index (χ0) is 13.1. The Kier molecular flexibility index (Phi) is 3.82. The molecule has 0 bridgehead atoms. The first-order valence-corrected chi connectivity index (χ1v) is 7.33. The third-order valence-corrected chi connectivity index (χ3v) is 4.76. The van der Waals surface area contributed by atoms with E-state index in [9.17, 15) is 0 Å². The Labute approximate surface area is 114 Å². The van der Waals surface area contributed by atoms with E-state index >= 15 is 0 Å². The van der Waals surface area contributed by atoms with Crippen molar-refractivity contribution < 1.29 is 4.74 Å². The average Bonchev–Trinajstić information content (AvgIpc) is 2.89. The Balaban J connectivity index is 1.76. The smallest absolute Gasteiger partial charge is 0.0686 e. The maximum atomic E-state index is 6.11. The van der Waals surface area contributed by atoms with Gasteiger partial charge in [0.05, 0.1) is 5.60 Å². The number of rotatable bonds is 3. The fourth-order valence-corrected chi connectivity index (χ4v) is 3.79. The monoisotopic (exact) mass is 261 g/mol. The summed E-state index contributed by atoms with van der Waals surface area (Å²) in [6.07, 6.45) is 10.9. The van der Waals surface area contributed by atoms with Crippen LogP contribution in [0.4, 0.5) is 0 Å². The first-order valence-electron chi connectivity index (χ1n) is 7.33. The van der Waals surface area contributed by atoms with Gasteiger partial charge in [0.2, 0.25) is 0 Å². The summed E-state index contributed by atoms with van der Waals surface area (Å²) in [5.41, 5.74) is 4.39. The Morgan fingerprint density at radius 1 is 1.32 bits per heavy atom. The van der Waals surface area contributed by atoms with E-state index in [0.717, 1.165) is 19.4 Å². The number of nitrogens with one attached hydrogen (secondary N) is 1. The third kappa shape index (κ3) is 2.66. The van der Waals surface area contributed by atoms with Crippen LogP contribution < -0.4 is 11.3 Å². The Hall–Kier alpha value is -0.970. The van der Waals surface area contributed by atoms with Crippen LogP contribution in [0, 0.1) is 5.92 Å². The van der Waals surface area contributed by atoms with Gasteiger partial charge in [-0.15, -0.1) is 0 Å². The largest absolute Gasteiger partial charge is 0.375 e. The normalized spacial score (nSPS) is 27.5. The van der Waals surface area contributed by atoms with Crippen LogP contribution in [0.1, 0.15) is 50.1 Å².